The van der Waals surface area contributed by atoms with Crippen molar-refractivity contribution in [2.45, 2.75) is 0 Å². The summed E-state index contributed by atoms with van der Waals surface area (Å²) in [7, 11) is 3.14. The number of nitrogens with zero attached hydrogens (tertiary/aromatic N) is 3. The van der Waals surface area contributed by atoms with E-state index in [9.17, 15) is 9.59 Å². The van der Waals surface area contributed by atoms with E-state index in [4.69, 9.17) is 5.53 Å². The highest BCUT2D eigenvalue weighted by Gasteiger charge is 2.06. The summed E-state index contributed by atoms with van der Waals surface area (Å²) < 4.78 is 0. The molecular weight excluding hydrogens is 160 g/mol. The molecule has 0 unspecified atom stereocenters. The minimum atomic E-state index is -0.603. The summed E-state index contributed by atoms with van der Waals surface area (Å²) in [6.07, 6.45) is 0.677. The molecule has 0 aliphatic carbocycles. The first kappa shape index (κ1) is 10.5. The van der Waals surface area contributed by atoms with Crippen LogP contribution in [0.2, 0.25) is 0 Å². The first-order valence-corrected chi connectivity index (χ1v) is 3.40. The Morgan fingerprint density at radius 2 is 2.08 bits per heavy atom. The van der Waals surface area contributed by atoms with Gasteiger partial charge in [-0.25, -0.2) is 4.79 Å². The molecule has 6 heteroatoms. The zero-order valence-corrected chi connectivity index (χ0v) is 7.15. The lowest BCUT2D eigenvalue weighted by molar-refractivity contribution is -0.117. The maximum atomic E-state index is 10.7. The number of hydrogen-bond acceptors (Lipinski definition) is 3. The van der Waals surface area contributed by atoms with E-state index in [1.54, 1.807) is 7.05 Å². The van der Waals surface area contributed by atoms with Crippen LogP contribution in [0.25, 0.3) is 0 Å². The second kappa shape index (κ2) is 5.22. The summed E-state index contributed by atoms with van der Waals surface area (Å²) in [6.45, 7) is 0.831. The number of hydrogen-bond donors (Lipinski definition) is 1. The van der Waals surface area contributed by atoms with Crippen LogP contribution >= 0.6 is 0 Å². The van der Waals surface area contributed by atoms with Gasteiger partial charge in [0.05, 0.1) is 0 Å². The minimum Gasteiger partial charge on any atom is -0.347 e. The number of nitrogens with one attached hydrogen (secondary N) is 1. The van der Waals surface area contributed by atoms with E-state index in [-0.39, 0.29) is 0 Å². The molecule has 0 spiro atoms. The molecule has 0 saturated heterocycles. The Bertz CT molecular complexity index is 182. The molecule has 0 fully saturated rings. The minimum absolute atomic E-state index is 0.385. The maximum Gasteiger partial charge on any atom is 0.361 e. The number of likely N-dealkylation sites (N-methyl/N-ethyl adjacent to an activating group) is 2. The van der Waals surface area contributed by atoms with E-state index in [2.05, 4.69) is 5.11 Å². The molecule has 12 heavy (non-hydrogen) atoms. The van der Waals surface area contributed by atoms with Crippen molar-refractivity contribution in [3.63, 3.8) is 0 Å². The number of urea groups is 1. The average molecular weight is 172 g/mol. The first-order chi connectivity index (χ1) is 5.61. The third-order valence-corrected chi connectivity index (χ3v) is 1.39. The molecule has 0 aromatic rings. The molecule has 0 bridgehead atoms. The summed E-state index contributed by atoms with van der Waals surface area (Å²) in [5.41, 5.74) is 6.42. The van der Waals surface area contributed by atoms with Gasteiger partial charge >= 0.3 is 6.03 Å². The molecular formula is C6H12N4O2. The lowest BCUT2D eigenvalue weighted by Gasteiger charge is -2.16. The zero-order chi connectivity index (χ0) is 9.56. The maximum absolute atomic E-state index is 10.7. The second-order valence-corrected chi connectivity index (χ2v) is 2.40. The van der Waals surface area contributed by atoms with Crippen LogP contribution in [0.5, 0.6) is 0 Å². The van der Waals surface area contributed by atoms with Crippen molar-refractivity contribution >= 4 is 12.4 Å². The van der Waals surface area contributed by atoms with Gasteiger partial charge in [-0.05, 0) is 0 Å². The van der Waals surface area contributed by atoms with Crippen molar-refractivity contribution in [1.82, 2.24) is 9.80 Å². The molecule has 0 saturated carbocycles. The highest BCUT2D eigenvalue weighted by Crippen LogP contribution is 1.88. The zero-order valence-electron chi connectivity index (χ0n) is 7.15. The lowest BCUT2D eigenvalue weighted by atomic mass is 10.5. The molecule has 1 N–H and O–H groups in total. The molecule has 0 aliphatic rings. The molecule has 0 aromatic carbocycles. The van der Waals surface area contributed by atoms with Crippen LogP contribution in [0.4, 0.5) is 4.79 Å². The van der Waals surface area contributed by atoms with E-state index in [1.807, 2.05) is 0 Å². The number of rotatable bonds is 4. The average Bonchev–Trinajstić information content (AvgIpc) is 2.11. The lowest BCUT2D eigenvalue weighted by Crippen LogP contribution is -2.32. The van der Waals surface area contributed by atoms with Gasteiger partial charge in [-0.15, -0.1) is 0 Å². The SMILES string of the molecule is CN(C=O)CCN(C)C(=O)N=N. The highest BCUT2D eigenvalue weighted by molar-refractivity contribution is 5.73. The van der Waals surface area contributed by atoms with Crippen molar-refractivity contribution in [2.75, 3.05) is 27.2 Å². The van der Waals surface area contributed by atoms with Crippen molar-refractivity contribution < 1.29 is 9.59 Å². The van der Waals surface area contributed by atoms with Crippen LogP contribution in [0.1, 0.15) is 0 Å². The van der Waals surface area contributed by atoms with Crippen LogP contribution in [-0.2, 0) is 4.79 Å². The van der Waals surface area contributed by atoms with Crippen LogP contribution in [0.15, 0.2) is 5.11 Å². The Morgan fingerprint density at radius 1 is 1.50 bits per heavy atom. The molecule has 0 rings (SSSR count). The standard InChI is InChI=1S/C6H12N4O2/c1-9(5-11)3-4-10(2)6(12)8-7/h5,7H,3-4H2,1-2H3. The molecule has 0 radical (unpaired) electrons. The number of carbonyl (C=O) groups excluding carboxylic acids is 2. The topological polar surface area (TPSA) is 76.8 Å². The third-order valence-electron chi connectivity index (χ3n) is 1.39. The summed E-state index contributed by atoms with van der Waals surface area (Å²) in [5, 5.41) is 2.72. The van der Waals surface area contributed by atoms with E-state index in [0.717, 1.165) is 0 Å². The molecule has 0 atom stereocenters. The first-order valence-electron chi connectivity index (χ1n) is 3.40. The van der Waals surface area contributed by atoms with Crippen LogP contribution < -0.4 is 0 Å². The fourth-order valence-electron chi connectivity index (χ4n) is 0.541. The van der Waals surface area contributed by atoms with E-state index < -0.39 is 6.03 Å². The molecule has 68 valence electrons. The Labute approximate surface area is 70.6 Å². The van der Waals surface area contributed by atoms with Gasteiger partial charge in [0.25, 0.3) is 0 Å². The number of carbonyl (C=O) groups is 2. The van der Waals surface area contributed by atoms with Crippen LogP contribution in [-0.4, -0.2) is 49.4 Å². The summed E-state index contributed by atoms with van der Waals surface area (Å²) in [5.74, 6) is 0. The fourth-order valence-corrected chi connectivity index (χ4v) is 0.541. The van der Waals surface area contributed by atoms with Crippen molar-refractivity contribution in [3.8, 4) is 0 Å². The Hall–Kier alpha value is -1.46. The predicted molar refractivity (Wildman–Crippen MR) is 41.9 cm³/mol. The van der Waals surface area contributed by atoms with Crippen LogP contribution in [0, 0.1) is 5.53 Å². The van der Waals surface area contributed by atoms with Crippen molar-refractivity contribution in [3.05, 3.63) is 0 Å². The monoisotopic (exact) mass is 172 g/mol. The van der Waals surface area contributed by atoms with Gasteiger partial charge in [0.2, 0.25) is 6.41 Å². The van der Waals surface area contributed by atoms with Gasteiger partial charge < -0.3 is 9.80 Å². The van der Waals surface area contributed by atoms with Gasteiger partial charge in [-0.2, -0.15) is 5.53 Å². The quantitative estimate of drug-likeness (QED) is 0.484. The van der Waals surface area contributed by atoms with Gasteiger partial charge in [-0.1, -0.05) is 5.11 Å². The second-order valence-electron chi connectivity index (χ2n) is 2.40. The normalized spacial score (nSPS) is 8.83. The van der Waals surface area contributed by atoms with Crippen LogP contribution in [0.3, 0.4) is 0 Å². The summed E-state index contributed by atoms with van der Waals surface area (Å²) >= 11 is 0. The van der Waals surface area contributed by atoms with E-state index in [0.29, 0.717) is 19.5 Å². The molecule has 0 heterocycles. The van der Waals surface area contributed by atoms with Gasteiger partial charge in [-0.3, -0.25) is 4.79 Å². The Kier molecular flexibility index (Phi) is 4.59. The van der Waals surface area contributed by atoms with E-state index >= 15 is 0 Å². The molecule has 3 amide bonds. The molecule has 0 aliphatic heterocycles. The number of amides is 3. The molecule has 0 aromatic heterocycles. The van der Waals surface area contributed by atoms with E-state index in [1.165, 1.54) is 16.8 Å². The summed E-state index contributed by atoms with van der Waals surface area (Å²) in [4.78, 5) is 23.5. The summed E-state index contributed by atoms with van der Waals surface area (Å²) in [6, 6.07) is -0.603. The largest absolute Gasteiger partial charge is 0.361 e. The predicted octanol–water partition coefficient (Wildman–Crippen LogP) is 0.157. The van der Waals surface area contributed by atoms with Gasteiger partial charge in [0.15, 0.2) is 0 Å². The van der Waals surface area contributed by atoms with Gasteiger partial charge in [0, 0.05) is 27.2 Å². The fraction of sp³-hybridized carbons (Fsp3) is 0.667. The van der Waals surface area contributed by atoms with Crippen molar-refractivity contribution in [2.24, 2.45) is 5.11 Å². The third kappa shape index (κ3) is 3.65. The van der Waals surface area contributed by atoms with Crippen molar-refractivity contribution in [1.29, 1.82) is 5.53 Å². The Balaban J connectivity index is 3.70. The van der Waals surface area contributed by atoms with Gasteiger partial charge in [0.1, 0.15) is 0 Å². The molecule has 6 nitrogen and oxygen atoms in total. The highest BCUT2D eigenvalue weighted by atomic mass is 16.2. The Morgan fingerprint density at radius 3 is 2.50 bits per heavy atom. The smallest absolute Gasteiger partial charge is 0.347 e.